The van der Waals surface area contributed by atoms with Crippen LogP contribution in [0.2, 0.25) is 0 Å². The number of nitrogens with two attached hydrogens (primary N) is 1. The molecule has 0 saturated heterocycles. The second kappa shape index (κ2) is 5.68. The van der Waals surface area contributed by atoms with Crippen LogP contribution in [-0.2, 0) is 11.3 Å². The van der Waals surface area contributed by atoms with Gasteiger partial charge in [0, 0.05) is 13.6 Å². The predicted molar refractivity (Wildman–Crippen MR) is 67.4 cm³/mol. The third-order valence-corrected chi connectivity index (χ3v) is 2.71. The van der Waals surface area contributed by atoms with Crippen LogP contribution in [0.1, 0.15) is 19.4 Å². The number of phenolic OH excluding ortho intramolecular Hbond substituents is 1. The van der Waals surface area contributed by atoms with Crippen molar-refractivity contribution < 1.29 is 9.90 Å². The minimum atomic E-state index is -0.475. The van der Waals surface area contributed by atoms with Gasteiger partial charge >= 0.3 is 0 Å². The third kappa shape index (κ3) is 3.75. The first kappa shape index (κ1) is 13.5. The summed E-state index contributed by atoms with van der Waals surface area (Å²) in [4.78, 5) is 13.5. The van der Waals surface area contributed by atoms with Crippen molar-refractivity contribution in [1.82, 2.24) is 4.90 Å². The summed E-state index contributed by atoms with van der Waals surface area (Å²) in [6, 6.07) is 6.39. The van der Waals surface area contributed by atoms with E-state index in [-0.39, 0.29) is 17.6 Å². The number of phenols is 1. The molecule has 0 heterocycles. The monoisotopic (exact) mass is 236 g/mol. The Morgan fingerprint density at radius 1 is 1.47 bits per heavy atom. The quantitative estimate of drug-likeness (QED) is 0.829. The number of carbonyl (C=O) groups excluding carboxylic acids is 1. The Bertz CT molecular complexity index is 391. The number of hydrogen-bond acceptors (Lipinski definition) is 3. The summed E-state index contributed by atoms with van der Waals surface area (Å²) in [5.41, 5.74) is 6.69. The maximum Gasteiger partial charge on any atom is 0.239 e. The second-order valence-electron chi connectivity index (χ2n) is 4.63. The van der Waals surface area contributed by atoms with Crippen LogP contribution < -0.4 is 5.73 Å². The Kier molecular flexibility index (Phi) is 4.52. The summed E-state index contributed by atoms with van der Waals surface area (Å²) in [5, 5.41) is 9.33. The lowest BCUT2D eigenvalue weighted by atomic mass is 10.0. The third-order valence-electron chi connectivity index (χ3n) is 2.71. The molecular formula is C13H20N2O2. The van der Waals surface area contributed by atoms with Crippen LogP contribution in [0.4, 0.5) is 0 Å². The molecule has 1 aromatic rings. The van der Waals surface area contributed by atoms with Crippen LogP contribution in [0.5, 0.6) is 5.75 Å². The van der Waals surface area contributed by atoms with E-state index >= 15 is 0 Å². The van der Waals surface area contributed by atoms with Crippen LogP contribution in [0.15, 0.2) is 24.3 Å². The summed E-state index contributed by atoms with van der Waals surface area (Å²) in [6.07, 6.45) is 0. The average Bonchev–Trinajstić information content (AvgIpc) is 2.26. The highest BCUT2D eigenvalue weighted by atomic mass is 16.3. The predicted octanol–water partition coefficient (Wildman–Crippen LogP) is 1.33. The van der Waals surface area contributed by atoms with Gasteiger partial charge in [0.15, 0.2) is 0 Å². The van der Waals surface area contributed by atoms with Crippen LogP contribution in [0.3, 0.4) is 0 Å². The molecule has 94 valence electrons. The molecule has 4 heteroatoms. The van der Waals surface area contributed by atoms with Crippen LogP contribution in [0, 0.1) is 5.92 Å². The van der Waals surface area contributed by atoms with Gasteiger partial charge in [-0.05, 0) is 23.6 Å². The average molecular weight is 236 g/mol. The Labute approximate surface area is 102 Å². The molecule has 1 rings (SSSR count). The molecule has 0 aliphatic heterocycles. The van der Waals surface area contributed by atoms with E-state index in [9.17, 15) is 9.90 Å². The number of carbonyl (C=O) groups is 1. The van der Waals surface area contributed by atoms with Crippen molar-refractivity contribution in [2.45, 2.75) is 26.4 Å². The molecule has 0 radical (unpaired) electrons. The summed E-state index contributed by atoms with van der Waals surface area (Å²) >= 11 is 0. The van der Waals surface area contributed by atoms with Crippen molar-refractivity contribution in [1.29, 1.82) is 0 Å². The zero-order chi connectivity index (χ0) is 13.0. The fourth-order valence-electron chi connectivity index (χ4n) is 1.55. The van der Waals surface area contributed by atoms with E-state index in [0.717, 1.165) is 5.56 Å². The molecular weight excluding hydrogens is 216 g/mol. The molecule has 1 amide bonds. The van der Waals surface area contributed by atoms with Crippen molar-refractivity contribution >= 4 is 5.91 Å². The van der Waals surface area contributed by atoms with Crippen molar-refractivity contribution in [2.75, 3.05) is 7.05 Å². The second-order valence-corrected chi connectivity index (χ2v) is 4.63. The van der Waals surface area contributed by atoms with E-state index in [2.05, 4.69) is 0 Å². The lowest BCUT2D eigenvalue weighted by Gasteiger charge is -2.23. The zero-order valence-electron chi connectivity index (χ0n) is 10.6. The number of likely N-dealkylation sites (N-methyl/N-ethyl adjacent to an activating group) is 1. The van der Waals surface area contributed by atoms with Crippen LogP contribution >= 0.6 is 0 Å². The van der Waals surface area contributed by atoms with E-state index in [4.69, 9.17) is 5.73 Å². The van der Waals surface area contributed by atoms with Gasteiger partial charge in [-0.3, -0.25) is 4.79 Å². The summed E-state index contributed by atoms with van der Waals surface area (Å²) < 4.78 is 0. The number of benzene rings is 1. The molecule has 0 bridgehead atoms. The fourth-order valence-corrected chi connectivity index (χ4v) is 1.55. The number of aromatic hydroxyl groups is 1. The minimum absolute atomic E-state index is 0.0802. The SMILES string of the molecule is CC(C)C(N)C(=O)N(C)Cc1cccc(O)c1. The Hall–Kier alpha value is -1.55. The molecule has 0 aromatic heterocycles. The van der Waals surface area contributed by atoms with Gasteiger partial charge in [-0.25, -0.2) is 0 Å². The topological polar surface area (TPSA) is 66.6 Å². The number of amides is 1. The van der Waals surface area contributed by atoms with Gasteiger partial charge in [0.05, 0.1) is 6.04 Å². The molecule has 1 atom stereocenters. The van der Waals surface area contributed by atoms with E-state index < -0.39 is 6.04 Å². The van der Waals surface area contributed by atoms with Gasteiger partial charge in [-0.2, -0.15) is 0 Å². The molecule has 4 nitrogen and oxygen atoms in total. The van der Waals surface area contributed by atoms with E-state index in [0.29, 0.717) is 6.54 Å². The molecule has 1 unspecified atom stereocenters. The molecule has 0 saturated carbocycles. The van der Waals surface area contributed by atoms with Gasteiger partial charge in [-0.1, -0.05) is 26.0 Å². The number of hydrogen-bond donors (Lipinski definition) is 2. The Balaban J connectivity index is 2.66. The Morgan fingerprint density at radius 3 is 2.65 bits per heavy atom. The molecule has 1 aromatic carbocycles. The summed E-state index contributed by atoms with van der Waals surface area (Å²) in [7, 11) is 1.72. The first-order valence-electron chi connectivity index (χ1n) is 5.70. The lowest BCUT2D eigenvalue weighted by Crippen LogP contribution is -2.44. The van der Waals surface area contributed by atoms with Crippen LogP contribution in [-0.4, -0.2) is 29.0 Å². The highest BCUT2D eigenvalue weighted by molar-refractivity contribution is 5.81. The van der Waals surface area contributed by atoms with Crippen molar-refractivity contribution in [3.05, 3.63) is 29.8 Å². The Morgan fingerprint density at radius 2 is 2.12 bits per heavy atom. The maximum atomic E-state index is 11.9. The van der Waals surface area contributed by atoms with Gasteiger partial charge in [0.25, 0.3) is 0 Å². The van der Waals surface area contributed by atoms with E-state index in [1.54, 1.807) is 30.1 Å². The first-order valence-corrected chi connectivity index (χ1v) is 5.70. The normalized spacial score (nSPS) is 12.5. The standard InChI is InChI=1S/C13H20N2O2/c1-9(2)12(14)13(17)15(3)8-10-5-4-6-11(16)7-10/h4-7,9,12,16H,8,14H2,1-3H3. The minimum Gasteiger partial charge on any atom is -0.508 e. The molecule has 0 aliphatic rings. The first-order chi connectivity index (χ1) is 7.91. The summed E-state index contributed by atoms with van der Waals surface area (Å²) in [6.45, 7) is 4.29. The largest absolute Gasteiger partial charge is 0.508 e. The summed E-state index contributed by atoms with van der Waals surface area (Å²) in [5.74, 6) is 0.244. The smallest absolute Gasteiger partial charge is 0.239 e. The molecule has 17 heavy (non-hydrogen) atoms. The molecule has 0 aliphatic carbocycles. The maximum absolute atomic E-state index is 11.9. The molecule has 3 N–H and O–H groups in total. The zero-order valence-corrected chi connectivity index (χ0v) is 10.6. The highest BCUT2D eigenvalue weighted by Crippen LogP contribution is 2.13. The highest BCUT2D eigenvalue weighted by Gasteiger charge is 2.20. The van der Waals surface area contributed by atoms with Gasteiger partial charge < -0.3 is 15.7 Å². The number of nitrogens with zero attached hydrogens (tertiary/aromatic N) is 1. The van der Waals surface area contributed by atoms with Gasteiger partial charge in [0.1, 0.15) is 5.75 Å². The number of rotatable bonds is 4. The van der Waals surface area contributed by atoms with E-state index in [1.165, 1.54) is 0 Å². The lowest BCUT2D eigenvalue weighted by molar-refractivity contribution is -0.132. The fraction of sp³-hybridized carbons (Fsp3) is 0.462. The molecule has 0 spiro atoms. The van der Waals surface area contributed by atoms with Crippen molar-refractivity contribution in [3.8, 4) is 5.75 Å². The van der Waals surface area contributed by atoms with Gasteiger partial charge in [0.2, 0.25) is 5.91 Å². The van der Waals surface area contributed by atoms with Crippen molar-refractivity contribution in [2.24, 2.45) is 11.7 Å². The van der Waals surface area contributed by atoms with Crippen molar-refractivity contribution in [3.63, 3.8) is 0 Å². The van der Waals surface area contributed by atoms with Gasteiger partial charge in [-0.15, -0.1) is 0 Å². The van der Waals surface area contributed by atoms with Crippen LogP contribution in [0.25, 0.3) is 0 Å². The van der Waals surface area contributed by atoms with E-state index in [1.807, 2.05) is 19.9 Å². The molecule has 0 fully saturated rings.